The average Bonchev–Trinajstić information content (AvgIpc) is 3.24. The number of halogens is 2. The van der Waals surface area contributed by atoms with Crippen LogP contribution >= 0.6 is 0 Å². The summed E-state index contributed by atoms with van der Waals surface area (Å²) in [5.41, 5.74) is 7.84. The lowest BCUT2D eigenvalue weighted by Gasteiger charge is -2.40. The van der Waals surface area contributed by atoms with Gasteiger partial charge in [-0.2, -0.15) is 0 Å². The van der Waals surface area contributed by atoms with Gasteiger partial charge in [0.15, 0.2) is 5.82 Å². The molecule has 8 heteroatoms. The van der Waals surface area contributed by atoms with Crippen LogP contribution in [0.1, 0.15) is 48.9 Å². The van der Waals surface area contributed by atoms with Crippen molar-refractivity contribution < 1.29 is 13.9 Å². The third kappa shape index (κ3) is 3.60. The van der Waals surface area contributed by atoms with E-state index in [0.29, 0.717) is 50.7 Å². The molecule has 2 aromatic carbocycles. The Bertz CT molecular complexity index is 1710. The van der Waals surface area contributed by atoms with E-state index in [9.17, 15) is 9.50 Å². The molecule has 198 valence electrons. The molecular formula is C31H29F2N5O. The van der Waals surface area contributed by atoms with Crippen molar-refractivity contribution in [3.8, 4) is 29.4 Å². The average molecular weight is 526 g/mol. The molecule has 0 amide bonds. The molecule has 4 heterocycles. The predicted molar refractivity (Wildman–Crippen MR) is 149 cm³/mol. The van der Waals surface area contributed by atoms with Crippen LogP contribution in [0.5, 0.6) is 5.75 Å². The first-order chi connectivity index (χ1) is 18.8. The van der Waals surface area contributed by atoms with Crippen LogP contribution in [0, 0.1) is 30.9 Å². The normalized spacial score (nSPS) is 21.8. The first-order valence-electron chi connectivity index (χ1n) is 13.5. The van der Waals surface area contributed by atoms with Crippen molar-refractivity contribution >= 4 is 27.4 Å². The molecule has 1 saturated carbocycles. The van der Waals surface area contributed by atoms with Gasteiger partial charge in [0.25, 0.3) is 0 Å². The molecule has 39 heavy (non-hydrogen) atoms. The van der Waals surface area contributed by atoms with Gasteiger partial charge in [-0.1, -0.05) is 12.0 Å². The monoisotopic (exact) mass is 525 g/mol. The van der Waals surface area contributed by atoms with E-state index in [1.165, 1.54) is 24.3 Å². The summed E-state index contributed by atoms with van der Waals surface area (Å²) in [7, 11) is 0. The molecule has 6 nitrogen and oxygen atoms in total. The predicted octanol–water partition coefficient (Wildman–Crippen LogP) is 5.00. The SMILES string of the molecule is C#Cc1c(F)ccc2cc(O)cc(-c3ncc4c(N5CC6CCC(C5)N6)nc(C5(N)CCC5)c(C)c4c3F)c12. The fourth-order valence-electron chi connectivity index (χ4n) is 6.82. The number of terminal acetylenes is 1. The molecule has 3 fully saturated rings. The van der Waals surface area contributed by atoms with E-state index in [2.05, 4.69) is 21.1 Å². The number of phenolic OH excluding ortho intramolecular Hbond substituents is 1. The lowest BCUT2D eigenvalue weighted by molar-refractivity contribution is 0.245. The second-order valence-corrected chi connectivity index (χ2v) is 11.3. The van der Waals surface area contributed by atoms with Gasteiger partial charge in [0.05, 0.1) is 16.8 Å². The van der Waals surface area contributed by atoms with E-state index >= 15 is 4.39 Å². The van der Waals surface area contributed by atoms with Gasteiger partial charge >= 0.3 is 0 Å². The molecule has 4 N–H and O–H groups in total. The maximum absolute atomic E-state index is 16.8. The number of aromatic nitrogens is 2. The molecule has 7 rings (SSSR count). The van der Waals surface area contributed by atoms with E-state index in [1.54, 1.807) is 6.20 Å². The maximum Gasteiger partial charge on any atom is 0.157 e. The zero-order valence-electron chi connectivity index (χ0n) is 21.7. The molecule has 2 aliphatic heterocycles. The highest BCUT2D eigenvalue weighted by molar-refractivity contribution is 6.04. The smallest absolute Gasteiger partial charge is 0.157 e. The number of hydrogen-bond donors (Lipinski definition) is 3. The summed E-state index contributed by atoms with van der Waals surface area (Å²) in [6.45, 7) is 3.43. The lowest BCUT2D eigenvalue weighted by atomic mass is 9.73. The number of pyridine rings is 2. The van der Waals surface area contributed by atoms with Crippen LogP contribution in [0.4, 0.5) is 14.6 Å². The fraction of sp³-hybridized carbons (Fsp3) is 0.355. The summed E-state index contributed by atoms with van der Waals surface area (Å²) < 4.78 is 31.6. The van der Waals surface area contributed by atoms with Crippen LogP contribution in [-0.2, 0) is 5.54 Å². The second-order valence-electron chi connectivity index (χ2n) is 11.3. The van der Waals surface area contributed by atoms with E-state index < -0.39 is 17.2 Å². The number of piperazine rings is 1. The molecule has 2 saturated heterocycles. The number of benzene rings is 2. The molecule has 0 spiro atoms. The van der Waals surface area contributed by atoms with Crippen molar-refractivity contribution in [1.82, 2.24) is 15.3 Å². The zero-order valence-corrected chi connectivity index (χ0v) is 21.7. The molecule has 2 bridgehead atoms. The minimum absolute atomic E-state index is 0.00300. The molecule has 2 atom stereocenters. The molecule has 3 aliphatic rings. The van der Waals surface area contributed by atoms with Crippen LogP contribution in [0.2, 0.25) is 0 Å². The van der Waals surface area contributed by atoms with Gasteiger partial charge in [-0.25, -0.2) is 13.8 Å². The van der Waals surface area contributed by atoms with E-state index in [1.807, 2.05) is 6.92 Å². The number of nitrogens with one attached hydrogen (secondary N) is 1. The van der Waals surface area contributed by atoms with Crippen molar-refractivity contribution in [3.05, 3.63) is 58.9 Å². The van der Waals surface area contributed by atoms with Gasteiger partial charge in [0, 0.05) is 53.1 Å². The van der Waals surface area contributed by atoms with Gasteiger partial charge in [0.2, 0.25) is 0 Å². The summed E-state index contributed by atoms with van der Waals surface area (Å²) in [5, 5.41) is 16.0. The van der Waals surface area contributed by atoms with Crippen molar-refractivity contribution in [3.63, 3.8) is 0 Å². The topological polar surface area (TPSA) is 87.3 Å². The molecule has 1 aliphatic carbocycles. The highest BCUT2D eigenvalue weighted by atomic mass is 19.1. The highest BCUT2D eigenvalue weighted by Crippen LogP contribution is 2.45. The summed E-state index contributed by atoms with van der Waals surface area (Å²) in [5.74, 6) is 1.86. The second kappa shape index (κ2) is 8.60. The number of fused-ring (bicyclic) bond motifs is 4. The van der Waals surface area contributed by atoms with E-state index in [4.69, 9.17) is 17.1 Å². The molecule has 0 radical (unpaired) electrons. The van der Waals surface area contributed by atoms with Crippen LogP contribution < -0.4 is 16.0 Å². The largest absolute Gasteiger partial charge is 0.508 e. The molecule has 2 unspecified atom stereocenters. The Balaban J connectivity index is 1.52. The first-order valence-corrected chi connectivity index (χ1v) is 13.5. The fourth-order valence-corrected chi connectivity index (χ4v) is 6.82. The standard InChI is InChI=1S/C31H29F2N5O/c1-3-21-24(32)8-5-17-11-20(39)12-22(26(17)21)28-27(33)25-16(2)29(31(34)9-4-10-31)37-30(23(25)13-35-28)38-14-18-6-7-19(15-38)36-18/h1,5,8,11-13,18-19,36,39H,4,6-7,9-10,14-15,34H2,2H3. The molecule has 2 aromatic heterocycles. The Morgan fingerprint density at radius 2 is 1.90 bits per heavy atom. The number of rotatable bonds is 3. The lowest BCUT2D eigenvalue weighted by Crippen LogP contribution is -2.52. The number of aryl methyl sites for hydroxylation is 1. The number of phenols is 1. The Kier molecular flexibility index (Phi) is 5.35. The number of aromatic hydroxyl groups is 1. The Morgan fingerprint density at radius 1 is 1.15 bits per heavy atom. The third-order valence-electron chi connectivity index (χ3n) is 8.89. The van der Waals surface area contributed by atoms with Crippen molar-refractivity contribution in [2.75, 3.05) is 18.0 Å². The Morgan fingerprint density at radius 3 is 2.56 bits per heavy atom. The van der Waals surface area contributed by atoms with E-state index in [0.717, 1.165) is 45.2 Å². The van der Waals surface area contributed by atoms with Gasteiger partial charge in [-0.15, -0.1) is 6.42 Å². The molecule has 4 aromatic rings. The van der Waals surface area contributed by atoms with Crippen molar-refractivity contribution in [2.45, 2.75) is 56.7 Å². The van der Waals surface area contributed by atoms with Gasteiger partial charge in [-0.05, 0) is 68.2 Å². The summed E-state index contributed by atoms with van der Waals surface area (Å²) in [6.07, 6.45) is 12.1. The van der Waals surface area contributed by atoms with Crippen molar-refractivity contribution in [1.29, 1.82) is 0 Å². The van der Waals surface area contributed by atoms with Gasteiger partial charge < -0.3 is 21.1 Å². The number of anilines is 1. The first kappa shape index (κ1) is 24.3. The third-order valence-corrected chi connectivity index (χ3v) is 8.89. The minimum atomic E-state index is -0.604. The zero-order chi connectivity index (χ0) is 27.1. The summed E-state index contributed by atoms with van der Waals surface area (Å²) in [4.78, 5) is 11.9. The van der Waals surface area contributed by atoms with Crippen LogP contribution in [0.3, 0.4) is 0 Å². The van der Waals surface area contributed by atoms with Crippen molar-refractivity contribution in [2.24, 2.45) is 5.73 Å². The van der Waals surface area contributed by atoms with Crippen LogP contribution in [0.15, 0.2) is 30.5 Å². The Labute approximate surface area is 225 Å². The van der Waals surface area contributed by atoms with Crippen LogP contribution in [0.25, 0.3) is 32.8 Å². The summed E-state index contributed by atoms with van der Waals surface area (Å²) >= 11 is 0. The van der Waals surface area contributed by atoms with Gasteiger partial charge in [-0.3, -0.25) is 4.98 Å². The minimum Gasteiger partial charge on any atom is -0.508 e. The molecular weight excluding hydrogens is 496 g/mol. The van der Waals surface area contributed by atoms with Crippen LogP contribution in [-0.4, -0.2) is 40.2 Å². The number of hydrogen-bond acceptors (Lipinski definition) is 6. The van der Waals surface area contributed by atoms with Gasteiger partial charge in [0.1, 0.15) is 23.1 Å². The number of nitrogens with two attached hydrogens (primary N) is 1. The highest BCUT2D eigenvalue weighted by Gasteiger charge is 2.40. The quantitative estimate of drug-likeness (QED) is 0.326. The number of nitrogens with zero attached hydrogens (tertiary/aromatic N) is 3. The van der Waals surface area contributed by atoms with E-state index in [-0.39, 0.29) is 22.6 Å². The maximum atomic E-state index is 16.8. The summed E-state index contributed by atoms with van der Waals surface area (Å²) in [6, 6.07) is 6.38. The Hall–Kier alpha value is -3.80.